The van der Waals surface area contributed by atoms with Gasteiger partial charge in [0.25, 0.3) is 5.69 Å². The molecule has 0 aliphatic heterocycles. The molecule has 6 nitrogen and oxygen atoms in total. The number of hydrogen-bond acceptors (Lipinski definition) is 4. The Kier molecular flexibility index (Phi) is 5.43. The largest absolute Gasteiger partial charge is 0.480 e. The van der Waals surface area contributed by atoms with Gasteiger partial charge in [0.1, 0.15) is 17.5 Å². The summed E-state index contributed by atoms with van der Waals surface area (Å²) in [5.41, 5.74) is -0.531. The number of nitro benzene ring substituents is 1. The second-order valence-electron chi connectivity index (χ2n) is 4.71. The summed E-state index contributed by atoms with van der Waals surface area (Å²) in [6, 6.07) is 0.941. The zero-order valence-electron chi connectivity index (χ0n) is 10.9. The Bertz CT molecular complexity index is 536. The molecular formula is C12H14BrFN2O4. The maximum Gasteiger partial charge on any atom is 0.326 e. The number of benzene rings is 1. The van der Waals surface area contributed by atoms with Gasteiger partial charge in [-0.3, -0.25) is 10.1 Å². The Labute approximate surface area is 123 Å². The number of aliphatic carboxylic acids is 1. The van der Waals surface area contributed by atoms with Gasteiger partial charge in [-0.15, -0.1) is 0 Å². The number of nitrogens with one attached hydrogen (secondary N) is 1. The predicted octanol–water partition coefficient (Wildman–Crippen LogP) is 3.41. The molecule has 1 rings (SSSR count). The molecule has 2 N–H and O–H groups in total. The van der Waals surface area contributed by atoms with Crippen LogP contribution in [0.15, 0.2) is 16.6 Å². The molecule has 0 aromatic heterocycles. The van der Waals surface area contributed by atoms with Gasteiger partial charge < -0.3 is 10.4 Å². The summed E-state index contributed by atoms with van der Waals surface area (Å²) in [7, 11) is 0. The van der Waals surface area contributed by atoms with Crippen LogP contribution in [0.25, 0.3) is 0 Å². The highest BCUT2D eigenvalue weighted by Crippen LogP contribution is 2.31. The lowest BCUT2D eigenvalue weighted by Crippen LogP contribution is -2.31. The van der Waals surface area contributed by atoms with Crippen molar-refractivity contribution >= 4 is 33.3 Å². The van der Waals surface area contributed by atoms with Crippen LogP contribution in [0.1, 0.15) is 20.3 Å². The van der Waals surface area contributed by atoms with Gasteiger partial charge in [0.05, 0.1) is 15.5 Å². The minimum Gasteiger partial charge on any atom is -0.480 e. The van der Waals surface area contributed by atoms with Crippen LogP contribution in [0.2, 0.25) is 0 Å². The first-order valence-electron chi connectivity index (χ1n) is 5.85. The minimum absolute atomic E-state index is 0.0271. The topological polar surface area (TPSA) is 92.5 Å². The third kappa shape index (κ3) is 4.16. The maximum absolute atomic E-state index is 13.3. The van der Waals surface area contributed by atoms with Crippen molar-refractivity contribution in [3.63, 3.8) is 0 Å². The van der Waals surface area contributed by atoms with Gasteiger partial charge in [-0.25, -0.2) is 9.18 Å². The number of anilines is 1. The van der Waals surface area contributed by atoms with Gasteiger partial charge in [0.15, 0.2) is 0 Å². The van der Waals surface area contributed by atoms with E-state index in [9.17, 15) is 19.3 Å². The maximum atomic E-state index is 13.3. The van der Waals surface area contributed by atoms with E-state index in [1.54, 1.807) is 0 Å². The number of nitro groups is 1. The van der Waals surface area contributed by atoms with Crippen molar-refractivity contribution in [1.29, 1.82) is 0 Å². The number of rotatable bonds is 6. The smallest absolute Gasteiger partial charge is 0.326 e. The first-order valence-corrected chi connectivity index (χ1v) is 6.64. The van der Waals surface area contributed by atoms with E-state index in [4.69, 9.17) is 5.11 Å². The minimum atomic E-state index is -1.12. The highest BCUT2D eigenvalue weighted by molar-refractivity contribution is 9.10. The summed E-state index contributed by atoms with van der Waals surface area (Å²) in [4.78, 5) is 21.3. The van der Waals surface area contributed by atoms with Crippen LogP contribution in [0.3, 0.4) is 0 Å². The zero-order chi connectivity index (χ0) is 15.4. The Hall–Kier alpha value is -1.70. The fourth-order valence-corrected chi connectivity index (χ4v) is 2.03. The molecule has 0 aliphatic carbocycles. The molecular weight excluding hydrogens is 335 g/mol. The van der Waals surface area contributed by atoms with E-state index in [-0.39, 0.29) is 16.1 Å². The van der Waals surface area contributed by atoms with Crippen molar-refractivity contribution in [2.75, 3.05) is 5.32 Å². The van der Waals surface area contributed by atoms with Gasteiger partial charge in [-0.1, -0.05) is 13.8 Å². The standard InChI is InChI=1S/C12H14BrFN2O4/c1-6(2)3-10(12(17)18)15-9-4-7(13)8(14)5-11(9)16(19)20/h4-6,10,15H,3H2,1-2H3,(H,17,18). The second-order valence-corrected chi connectivity index (χ2v) is 5.56. The van der Waals surface area contributed by atoms with E-state index >= 15 is 0 Å². The Morgan fingerprint density at radius 3 is 2.60 bits per heavy atom. The molecule has 0 amide bonds. The average molecular weight is 349 g/mol. The van der Waals surface area contributed by atoms with Crippen LogP contribution in [0.4, 0.5) is 15.8 Å². The first-order chi connectivity index (χ1) is 9.22. The average Bonchev–Trinajstić information content (AvgIpc) is 2.31. The number of carboxylic acids is 1. The van der Waals surface area contributed by atoms with Crippen molar-refractivity contribution in [2.24, 2.45) is 5.92 Å². The summed E-state index contributed by atoms with van der Waals surface area (Å²) in [6.07, 6.45) is 0.293. The van der Waals surface area contributed by atoms with Gasteiger partial charge in [0.2, 0.25) is 0 Å². The first kappa shape index (κ1) is 16.4. The Morgan fingerprint density at radius 2 is 2.15 bits per heavy atom. The van der Waals surface area contributed by atoms with Crippen LogP contribution in [0.5, 0.6) is 0 Å². The van der Waals surface area contributed by atoms with Gasteiger partial charge in [0, 0.05) is 0 Å². The summed E-state index contributed by atoms with van der Waals surface area (Å²) in [5, 5.41) is 22.6. The number of halogens is 2. The summed E-state index contributed by atoms with van der Waals surface area (Å²) in [6.45, 7) is 3.68. The number of carboxylic acid groups (broad SMARTS) is 1. The monoisotopic (exact) mass is 348 g/mol. The van der Waals surface area contributed by atoms with Gasteiger partial charge in [-0.2, -0.15) is 0 Å². The van der Waals surface area contributed by atoms with Crippen LogP contribution in [-0.2, 0) is 4.79 Å². The van der Waals surface area contributed by atoms with Gasteiger partial charge >= 0.3 is 5.97 Å². The van der Waals surface area contributed by atoms with Crippen LogP contribution in [-0.4, -0.2) is 22.0 Å². The molecule has 20 heavy (non-hydrogen) atoms. The number of nitrogens with zero attached hydrogens (tertiary/aromatic N) is 1. The van der Waals surface area contributed by atoms with Crippen molar-refractivity contribution in [2.45, 2.75) is 26.3 Å². The molecule has 0 saturated heterocycles. The quantitative estimate of drug-likeness (QED) is 0.607. The lowest BCUT2D eigenvalue weighted by molar-refractivity contribution is -0.384. The van der Waals surface area contributed by atoms with Gasteiger partial charge in [-0.05, 0) is 34.3 Å². The molecule has 0 heterocycles. The number of carbonyl (C=O) groups is 1. The zero-order valence-corrected chi connectivity index (χ0v) is 12.5. The van der Waals surface area contributed by atoms with Crippen molar-refractivity contribution in [1.82, 2.24) is 0 Å². The molecule has 0 fully saturated rings. The predicted molar refractivity (Wildman–Crippen MR) is 75.3 cm³/mol. The fourth-order valence-electron chi connectivity index (χ4n) is 1.68. The molecule has 1 unspecified atom stereocenters. The molecule has 1 aromatic carbocycles. The van der Waals surface area contributed by atoms with E-state index in [2.05, 4.69) is 21.2 Å². The van der Waals surface area contributed by atoms with E-state index in [1.807, 2.05) is 13.8 Å². The molecule has 0 saturated carbocycles. The van der Waals surface area contributed by atoms with E-state index in [0.717, 1.165) is 6.07 Å². The number of hydrogen-bond donors (Lipinski definition) is 2. The molecule has 0 aliphatic rings. The molecule has 110 valence electrons. The molecule has 0 spiro atoms. The van der Waals surface area contributed by atoms with E-state index in [0.29, 0.717) is 6.42 Å². The highest BCUT2D eigenvalue weighted by atomic mass is 79.9. The lowest BCUT2D eigenvalue weighted by Gasteiger charge is -2.17. The van der Waals surface area contributed by atoms with Crippen molar-refractivity contribution in [3.8, 4) is 0 Å². The Balaban J connectivity index is 3.14. The summed E-state index contributed by atoms with van der Waals surface area (Å²) < 4.78 is 13.4. The normalized spacial score (nSPS) is 12.2. The van der Waals surface area contributed by atoms with Crippen LogP contribution < -0.4 is 5.32 Å². The van der Waals surface area contributed by atoms with Crippen molar-refractivity contribution in [3.05, 3.63) is 32.5 Å². The Morgan fingerprint density at radius 1 is 1.55 bits per heavy atom. The molecule has 8 heteroatoms. The molecule has 1 atom stereocenters. The second kappa shape index (κ2) is 6.65. The third-order valence-electron chi connectivity index (χ3n) is 2.57. The van der Waals surface area contributed by atoms with E-state index in [1.165, 1.54) is 6.07 Å². The fraction of sp³-hybridized carbons (Fsp3) is 0.417. The SMILES string of the molecule is CC(C)CC(Nc1cc(Br)c(F)cc1[N+](=O)[O-])C(=O)O. The van der Waals surface area contributed by atoms with Crippen molar-refractivity contribution < 1.29 is 19.2 Å². The lowest BCUT2D eigenvalue weighted by atomic mass is 10.0. The highest BCUT2D eigenvalue weighted by Gasteiger charge is 2.24. The van der Waals surface area contributed by atoms with E-state index < -0.39 is 28.4 Å². The molecule has 0 bridgehead atoms. The van der Waals surface area contributed by atoms with Crippen LogP contribution in [0, 0.1) is 21.8 Å². The molecule has 1 aromatic rings. The molecule has 0 radical (unpaired) electrons. The third-order valence-corrected chi connectivity index (χ3v) is 3.18. The summed E-state index contributed by atoms with van der Waals surface area (Å²) in [5.74, 6) is -1.81. The summed E-state index contributed by atoms with van der Waals surface area (Å²) >= 11 is 2.92. The van der Waals surface area contributed by atoms with Crippen LogP contribution >= 0.6 is 15.9 Å².